The lowest BCUT2D eigenvalue weighted by Crippen LogP contribution is -2.44. The van der Waals surface area contributed by atoms with Crippen molar-refractivity contribution in [2.24, 2.45) is 0 Å². The maximum absolute atomic E-state index is 9.06. The van der Waals surface area contributed by atoms with E-state index in [9.17, 15) is 0 Å². The Morgan fingerprint density at radius 3 is 3.00 bits per heavy atom. The predicted octanol–water partition coefficient (Wildman–Crippen LogP) is 1.66. The van der Waals surface area contributed by atoms with Gasteiger partial charge in [0.1, 0.15) is 6.07 Å². The van der Waals surface area contributed by atoms with Crippen LogP contribution in [0.15, 0.2) is 12.4 Å². The van der Waals surface area contributed by atoms with Crippen molar-refractivity contribution in [3.8, 4) is 6.07 Å². The molecule has 2 fully saturated rings. The number of hydrogen-bond acceptors (Lipinski definition) is 4. The van der Waals surface area contributed by atoms with Gasteiger partial charge in [-0.2, -0.15) is 5.26 Å². The van der Waals surface area contributed by atoms with Crippen molar-refractivity contribution < 1.29 is 9.47 Å². The molecule has 18 heavy (non-hydrogen) atoms. The molecule has 1 unspecified atom stereocenters. The molecule has 1 spiro atoms. The molecule has 0 bridgehead atoms. The highest BCUT2D eigenvalue weighted by molar-refractivity contribution is 5.13. The first-order chi connectivity index (χ1) is 8.83. The van der Waals surface area contributed by atoms with Crippen LogP contribution in [-0.4, -0.2) is 35.0 Å². The highest BCUT2D eigenvalue weighted by Gasteiger charge is 2.39. The predicted molar refractivity (Wildman–Crippen MR) is 63.9 cm³/mol. The van der Waals surface area contributed by atoms with Crippen LogP contribution < -0.4 is 0 Å². The number of aromatic nitrogens is 2. The van der Waals surface area contributed by atoms with Gasteiger partial charge in [0, 0.05) is 38.3 Å². The Kier molecular flexibility index (Phi) is 3.06. The van der Waals surface area contributed by atoms with E-state index in [2.05, 4.69) is 11.1 Å². The average molecular weight is 247 g/mol. The summed E-state index contributed by atoms with van der Waals surface area (Å²) in [5, 5.41) is 9.06. The number of nitriles is 1. The van der Waals surface area contributed by atoms with Gasteiger partial charge < -0.3 is 14.0 Å². The molecule has 3 rings (SSSR count). The average Bonchev–Trinajstić information content (AvgIpc) is 2.88. The van der Waals surface area contributed by atoms with Gasteiger partial charge in [-0.3, -0.25) is 0 Å². The van der Waals surface area contributed by atoms with Crippen LogP contribution in [0.1, 0.15) is 37.5 Å². The SMILES string of the molecule is N#Cc1nccn1C1CCOC2(CCOCC2)C1. The van der Waals surface area contributed by atoms with Crippen LogP contribution in [-0.2, 0) is 9.47 Å². The van der Waals surface area contributed by atoms with Gasteiger partial charge in [-0.1, -0.05) is 0 Å². The Morgan fingerprint density at radius 1 is 1.39 bits per heavy atom. The smallest absolute Gasteiger partial charge is 0.212 e. The van der Waals surface area contributed by atoms with Gasteiger partial charge in [-0.15, -0.1) is 0 Å². The summed E-state index contributed by atoms with van der Waals surface area (Å²) in [5.74, 6) is 0.504. The zero-order valence-electron chi connectivity index (χ0n) is 10.3. The first-order valence-electron chi connectivity index (χ1n) is 6.48. The zero-order valence-corrected chi connectivity index (χ0v) is 10.3. The lowest BCUT2D eigenvalue weighted by Gasteiger charge is -2.43. The normalized spacial score (nSPS) is 26.9. The number of imidazole rings is 1. The Bertz CT molecular complexity index is 452. The third-order valence-electron chi connectivity index (χ3n) is 4.03. The van der Waals surface area contributed by atoms with Gasteiger partial charge in [-0.05, 0) is 25.7 Å². The molecule has 0 saturated carbocycles. The number of hydrogen-bond donors (Lipinski definition) is 0. The highest BCUT2D eigenvalue weighted by Crippen LogP contribution is 2.39. The third-order valence-corrected chi connectivity index (χ3v) is 4.03. The standard InChI is InChI=1S/C13H17N3O2/c14-10-12-15-4-5-16(12)11-1-6-18-13(9-11)2-7-17-8-3-13/h4-5,11H,1-3,6-9H2. The van der Waals surface area contributed by atoms with E-state index in [1.807, 2.05) is 10.8 Å². The molecule has 0 aliphatic carbocycles. The second-order valence-corrected chi connectivity index (χ2v) is 5.06. The fourth-order valence-corrected chi connectivity index (χ4v) is 3.03. The summed E-state index contributed by atoms with van der Waals surface area (Å²) in [6.07, 6.45) is 7.43. The summed E-state index contributed by atoms with van der Waals surface area (Å²) in [7, 11) is 0. The topological polar surface area (TPSA) is 60.1 Å². The lowest BCUT2D eigenvalue weighted by atomic mass is 9.84. The maximum Gasteiger partial charge on any atom is 0.212 e. The lowest BCUT2D eigenvalue weighted by molar-refractivity contribution is -0.144. The van der Waals surface area contributed by atoms with Crippen molar-refractivity contribution in [1.29, 1.82) is 5.26 Å². The Balaban J connectivity index is 1.80. The van der Waals surface area contributed by atoms with E-state index in [1.54, 1.807) is 6.20 Å². The summed E-state index contributed by atoms with van der Waals surface area (Å²) < 4.78 is 13.4. The van der Waals surface area contributed by atoms with Crippen LogP contribution in [0.3, 0.4) is 0 Å². The second-order valence-electron chi connectivity index (χ2n) is 5.06. The molecule has 1 aromatic rings. The number of nitrogens with zero attached hydrogens (tertiary/aromatic N) is 3. The summed E-state index contributed by atoms with van der Waals surface area (Å²) in [4.78, 5) is 4.08. The molecule has 0 aromatic carbocycles. The van der Waals surface area contributed by atoms with Crippen LogP contribution in [0.25, 0.3) is 0 Å². The van der Waals surface area contributed by atoms with E-state index in [1.165, 1.54) is 0 Å². The van der Waals surface area contributed by atoms with Gasteiger partial charge in [0.05, 0.1) is 5.60 Å². The van der Waals surface area contributed by atoms with Crippen LogP contribution >= 0.6 is 0 Å². The molecule has 0 N–H and O–H groups in total. The Labute approximate surface area is 106 Å². The van der Waals surface area contributed by atoms with Gasteiger partial charge in [0.2, 0.25) is 5.82 Å². The van der Waals surface area contributed by atoms with Gasteiger partial charge in [0.25, 0.3) is 0 Å². The zero-order chi connectivity index (χ0) is 12.4. The monoisotopic (exact) mass is 247 g/mol. The molecule has 5 heteroatoms. The maximum atomic E-state index is 9.06. The minimum Gasteiger partial charge on any atom is -0.381 e. The van der Waals surface area contributed by atoms with E-state index < -0.39 is 0 Å². The number of rotatable bonds is 1. The largest absolute Gasteiger partial charge is 0.381 e. The first kappa shape index (κ1) is 11.7. The molecule has 5 nitrogen and oxygen atoms in total. The van der Waals surface area contributed by atoms with Crippen molar-refractivity contribution in [3.05, 3.63) is 18.2 Å². The van der Waals surface area contributed by atoms with E-state index in [0.29, 0.717) is 11.9 Å². The van der Waals surface area contributed by atoms with Crippen LogP contribution in [0.4, 0.5) is 0 Å². The molecule has 3 heterocycles. The van der Waals surface area contributed by atoms with E-state index in [4.69, 9.17) is 14.7 Å². The molecule has 0 amide bonds. The van der Waals surface area contributed by atoms with Crippen LogP contribution in [0, 0.1) is 11.3 Å². The third kappa shape index (κ3) is 2.02. The fraction of sp³-hybridized carbons (Fsp3) is 0.692. The van der Waals surface area contributed by atoms with Crippen molar-refractivity contribution in [2.45, 2.75) is 37.3 Å². The van der Waals surface area contributed by atoms with Crippen LogP contribution in [0.2, 0.25) is 0 Å². The molecule has 2 aliphatic rings. The van der Waals surface area contributed by atoms with Gasteiger partial charge >= 0.3 is 0 Å². The fourth-order valence-electron chi connectivity index (χ4n) is 3.03. The highest BCUT2D eigenvalue weighted by atomic mass is 16.5. The van der Waals surface area contributed by atoms with E-state index in [0.717, 1.165) is 45.5 Å². The summed E-state index contributed by atoms with van der Waals surface area (Å²) in [6, 6.07) is 2.48. The molecule has 96 valence electrons. The van der Waals surface area contributed by atoms with Crippen molar-refractivity contribution in [1.82, 2.24) is 9.55 Å². The summed E-state index contributed by atoms with van der Waals surface area (Å²) in [5.41, 5.74) is -0.0435. The second kappa shape index (κ2) is 4.71. The van der Waals surface area contributed by atoms with Gasteiger partial charge in [0.15, 0.2) is 0 Å². The summed E-state index contributed by atoms with van der Waals surface area (Å²) in [6.45, 7) is 2.32. The Hall–Kier alpha value is -1.38. The quantitative estimate of drug-likeness (QED) is 0.757. The van der Waals surface area contributed by atoms with Crippen molar-refractivity contribution in [2.75, 3.05) is 19.8 Å². The van der Waals surface area contributed by atoms with E-state index in [-0.39, 0.29) is 5.60 Å². The van der Waals surface area contributed by atoms with Gasteiger partial charge in [-0.25, -0.2) is 4.98 Å². The molecule has 2 aliphatic heterocycles. The first-order valence-corrected chi connectivity index (χ1v) is 6.48. The minimum atomic E-state index is -0.0435. The minimum absolute atomic E-state index is 0.0435. The molecular formula is C13H17N3O2. The molecule has 0 radical (unpaired) electrons. The molecule has 2 saturated heterocycles. The van der Waals surface area contributed by atoms with Crippen molar-refractivity contribution >= 4 is 0 Å². The Morgan fingerprint density at radius 2 is 2.22 bits per heavy atom. The van der Waals surface area contributed by atoms with Crippen molar-refractivity contribution in [3.63, 3.8) is 0 Å². The van der Waals surface area contributed by atoms with E-state index >= 15 is 0 Å². The molecular weight excluding hydrogens is 230 g/mol. The van der Waals surface area contributed by atoms with Crippen LogP contribution in [0.5, 0.6) is 0 Å². The molecule has 1 atom stereocenters. The summed E-state index contributed by atoms with van der Waals surface area (Å²) >= 11 is 0. The molecule has 1 aromatic heterocycles. The number of ether oxygens (including phenoxy) is 2.